The molecule has 4 heteroatoms. The van der Waals surface area contributed by atoms with Crippen molar-refractivity contribution in [2.75, 3.05) is 13.2 Å². The van der Waals surface area contributed by atoms with Crippen molar-refractivity contribution in [1.82, 2.24) is 0 Å². The number of hydrogen-bond donors (Lipinski definition) is 2. The highest BCUT2D eigenvalue weighted by Gasteiger charge is 2.15. The van der Waals surface area contributed by atoms with Crippen LogP contribution in [0.2, 0.25) is 0 Å². The molecule has 0 rings (SSSR count). The van der Waals surface area contributed by atoms with Crippen LogP contribution in [0.3, 0.4) is 0 Å². The monoisotopic (exact) mass is 191 g/mol. The minimum absolute atomic E-state index is 0.347. The lowest BCUT2D eigenvalue weighted by molar-refractivity contribution is -0.142. The summed E-state index contributed by atoms with van der Waals surface area (Å²) in [6.07, 6.45) is 3.07. The van der Waals surface area contributed by atoms with Gasteiger partial charge < -0.3 is 10.8 Å². The fraction of sp³-hybridized carbons (Fsp3) is 0.889. The summed E-state index contributed by atoms with van der Waals surface area (Å²) in [5.41, 5.74) is 5.28. The summed E-state index contributed by atoms with van der Waals surface area (Å²) in [6, 6.07) is 0. The van der Waals surface area contributed by atoms with Crippen LogP contribution in [0.1, 0.15) is 32.1 Å². The van der Waals surface area contributed by atoms with E-state index in [1.54, 1.807) is 0 Å². The maximum atomic E-state index is 11.8. The smallest absolute Gasteiger partial charge is 0.306 e. The number of carboxylic acid groups (broad SMARTS) is 1. The first-order valence-electron chi connectivity index (χ1n) is 4.71. The van der Waals surface area contributed by atoms with Gasteiger partial charge in [-0.05, 0) is 32.2 Å². The predicted octanol–water partition coefficient (Wildman–Crippen LogP) is 1.57. The third-order valence-electron chi connectivity index (χ3n) is 2.04. The molecular formula is C9H18FNO2. The zero-order chi connectivity index (χ0) is 10.1. The van der Waals surface area contributed by atoms with Crippen LogP contribution in [0.25, 0.3) is 0 Å². The second-order valence-corrected chi connectivity index (χ2v) is 3.15. The van der Waals surface area contributed by atoms with Gasteiger partial charge in [0.1, 0.15) is 0 Å². The molecule has 0 aromatic rings. The van der Waals surface area contributed by atoms with E-state index >= 15 is 0 Å². The zero-order valence-corrected chi connectivity index (χ0v) is 7.84. The van der Waals surface area contributed by atoms with Crippen molar-refractivity contribution < 1.29 is 14.3 Å². The van der Waals surface area contributed by atoms with Gasteiger partial charge in [-0.2, -0.15) is 0 Å². The largest absolute Gasteiger partial charge is 0.481 e. The lowest BCUT2D eigenvalue weighted by atomic mass is 9.97. The fourth-order valence-corrected chi connectivity index (χ4v) is 1.25. The molecule has 0 spiro atoms. The Balaban J connectivity index is 3.61. The van der Waals surface area contributed by atoms with E-state index in [-0.39, 0.29) is 5.92 Å². The summed E-state index contributed by atoms with van der Waals surface area (Å²) < 4.78 is 11.8. The number of carboxylic acids is 1. The highest BCUT2D eigenvalue weighted by atomic mass is 19.1. The van der Waals surface area contributed by atoms with Crippen LogP contribution in [0.4, 0.5) is 4.39 Å². The van der Waals surface area contributed by atoms with Crippen LogP contribution in [0, 0.1) is 5.92 Å². The van der Waals surface area contributed by atoms with Crippen LogP contribution in [0.5, 0.6) is 0 Å². The van der Waals surface area contributed by atoms with E-state index in [0.717, 1.165) is 12.8 Å². The number of alkyl halides is 1. The average Bonchev–Trinajstić information content (AvgIpc) is 2.10. The summed E-state index contributed by atoms with van der Waals surface area (Å²) in [4.78, 5) is 10.6. The number of rotatable bonds is 8. The molecule has 0 aliphatic rings. The second kappa shape index (κ2) is 7.98. The molecule has 0 saturated carbocycles. The molecule has 3 nitrogen and oxygen atoms in total. The van der Waals surface area contributed by atoms with E-state index in [0.29, 0.717) is 25.8 Å². The standard InChI is InChI=1S/C9H18FNO2/c10-6-3-5-8(9(12)13)4-1-2-7-11/h8H,1-7,11H2,(H,12,13). The topological polar surface area (TPSA) is 63.3 Å². The van der Waals surface area contributed by atoms with Gasteiger partial charge in [0.15, 0.2) is 0 Å². The third-order valence-corrected chi connectivity index (χ3v) is 2.04. The second-order valence-electron chi connectivity index (χ2n) is 3.15. The number of hydrogen-bond acceptors (Lipinski definition) is 2. The van der Waals surface area contributed by atoms with Gasteiger partial charge in [0.2, 0.25) is 0 Å². The molecule has 0 aromatic heterocycles. The van der Waals surface area contributed by atoms with Crippen molar-refractivity contribution in [3.8, 4) is 0 Å². The van der Waals surface area contributed by atoms with E-state index in [1.807, 2.05) is 0 Å². The molecule has 1 unspecified atom stereocenters. The Bertz CT molecular complexity index is 142. The molecule has 78 valence electrons. The summed E-state index contributed by atoms with van der Waals surface area (Å²) in [5, 5.41) is 8.75. The third kappa shape index (κ3) is 6.51. The molecule has 13 heavy (non-hydrogen) atoms. The normalized spacial score (nSPS) is 12.8. The molecule has 0 aliphatic carbocycles. The van der Waals surface area contributed by atoms with Crippen molar-refractivity contribution in [3.63, 3.8) is 0 Å². The Hall–Kier alpha value is -0.640. The Morgan fingerprint density at radius 2 is 1.92 bits per heavy atom. The van der Waals surface area contributed by atoms with E-state index in [9.17, 15) is 9.18 Å². The number of nitrogens with two attached hydrogens (primary N) is 1. The van der Waals surface area contributed by atoms with E-state index < -0.39 is 12.6 Å². The van der Waals surface area contributed by atoms with Gasteiger partial charge in [-0.25, -0.2) is 0 Å². The Labute approximate surface area is 78.1 Å². The van der Waals surface area contributed by atoms with Gasteiger partial charge in [0, 0.05) is 0 Å². The lowest BCUT2D eigenvalue weighted by Crippen LogP contribution is -2.14. The molecule has 0 amide bonds. The molecule has 0 heterocycles. The lowest BCUT2D eigenvalue weighted by Gasteiger charge is -2.10. The summed E-state index contributed by atoms with van der Waals surface area (Å²) in [6.45, 7) is 0.163. The Morgan fingerprint density at radius 3 is 2.38 bits per heavy atom. The Morgan fingerprint density at radius 1 is 1.31 bits per heavy atom. The maximum Gasteiger partial charge on any atom is 0.306 e. The summed E-state index contributed by atoms with van der Waals surface area (Å²) in [5.74, 6) is -1.20. The van der Waals surface area contributed by atoms with Crippen LogP contribution >= 0.6 is 0 Å². The van der Waals surface area contributed by atoms with Crippen molar-refractivity contribution in [1.29, 1.82) is 0 Å². The molecule has 3 N–H and O–H groups in total. The number of unbranched alkanes of at least 4 members (excludes halogenated alkanes) is 1. The molecule has 1 atom stereocenters. The van der Waals surface area contributed by atoms with Gasteiger partial charge in [0.05, 0.1) is 12.6 Å². The first-order valence-corrected chi connectivity index (χ1v) is 4.71. The predicted molar refractivity (Wildman–Crippen MR) is 49.2 cm³/mol. The quantitative estimate of drug-likeness (QED) is 0.572. The highest BCUT2D eigenvalue weighted by molar-refractivity contribution is 5.69. The molecule has 0 saturated heterocycles. The molecule has 0 bridgehead atoms. The van der Waals surface area contributed by atoms with Crippen LogP contribution < -0.4 is 5.73 Å². The SMILES string of the molecule is NCCCCC(CCCF)C(=O)O. The van der Waals surface area contributed by atoms with Crippen LogP contribution in [0.15, 0.2) is 0 Å². The minimum atomic E-state index is -0.814. The van der Waals surface area contributed by atoms with Crippen molar-refractivity contribution in [2.45, 2.75) is 32.1 Å². The van der Waals surface area contributed by atoms with Gasteiger partial charge in [0.25, 0.3) is 0 Å². The van der Waals surface area contributed by atoms with Crippen molar-refractivity contribution >= 4 is 5.97 Å². The maximum absolute atomic E-state index is 11.8. The molecular weight excluding hydrogens is 173 g/mol. The van der Waals surface area contributed by atoms with Gasteiger partial charge in [-0.1, -0.05) is 6.42 Å². The fourth-order valence-electron chi connectivity index (χ4n) is 1.25. The van der Waals surface area contributed by atoms with Crippen molar-refractivity contribution in [3.05, 3.63) is 0 Å². The summed E-state index contributed by atoms with van der Waals surface area (Å²) >= 11 is 0. The Kier molecular flexibility index (Phi) is 7.59. The van der Waals surface area contributed by atoms with E-state index in [4.69, 9.17) is 10.8 Å². The summed E-state index contributed by atoms with van der Waals surface area (Å²) in [7, 11) is 0. The average molecular weight is 191 g/mol. The van der Waals surface area contributed by atoms with Crippen LogP contribution in [-0.4, -0.2) is 24.3 Å². The van der Waals surface area contributed by atoms with Gasteiger partial charge in [-0.3, -0.25) is 9.18 Å². The van der Waals surface area contributed by atoms with E-state index in [2.05, 4.69) is 0 Å². The van der Waals surface area contributed by atoms with Gasteiger partial charge in [-0.15, -0.1) is 0 Å². The number of halogens is 1. The molecule has 0 fully saturated rings. The molecule has 0 radical (unpaired) electrons. The van der Waals surface area contributed by atoms with E-state index in [1.165, 1.54) is 0 Å². The number of carbonyl (C=O) groups is 1. The van der Waals surface area contributed by atoms with Gasteiger partial charge >= 0.3 is 5.97 Å². The first kappa shape index (κ1) is 12.4. The highest BCUT2D eigenvalue weighted by Crippen LogP contribution is 2.14. The van der Waals surface area contributed by atoms with Crippen molar-refractivity contribution in [2.24, 2.45) is 11.7 Å². The zero-order valence-electron chi connectivity index (χ0n) is 7.84. The molecule has 0 aliphatic heterocycles. The minimum Gasteiger partial charge on any atom is -0.481 e. The molecule has 0 aromatic carbocycles. The van der Waals surface area contributed by atoms with Crippen LogP contribution in [-0.2, 0) is 4.79 Å². The number of aliphatic carboxylic acids is 1. The first-order chi connectivity index (χ1) is 6.22.